The first-order valence-corrected chi connectivity index (χ1v) is 10.4. The molecule has 7 nitrogen and oxygen atoms in total. The first kappa shape index (κ1) is 21.3. The van der Waals surface area contributed by atoms with Gasteiger partial charge >= 0.3 is 0 Å². The molecule has 2 amide bonds. The number of rotatable bonds is 5. The Morgan fingerprint density at radius 2 is 1.31 bits per heavy atom. The van der Waals surface area contributed by atoms with E-state index in [1.165, 1.54) is 14.2 Å². The normalized spacial score (nSPS) is 18.5. The van der Waals surface area contributed by atoms with Crippen molar-refractivity contribution in [1.82, 2.24) is 9.80 Å². The van der Waals surface area contributed by atoms with E-state index in [-0.39, 0.29) is 17.7 Å². The zero-order valence-electron chi connectivity index (χ0n) is 17.9. The van der Waals surface area contributed by atoms with Gasteiger partial charge in [0.1, 0.15) is 5.75 Å². The van der Waals surface area contributed by atoms with Crippen LogP contribution in [0.25, 0.3) is 0 Å². The minimum absolute atomic E-state index is 0.0137. The van der Waals surface area contributed by atoms with Gasteiger partial charge in [0.25, 0.3) is 5.91 Å². The van der Waals surface area contributed by atoms with Gasteiger partial charge in [0.2, 0.25) is 5.91 Å². The van der Waals surface area contributed by atoms with Gasteiger partial charge in [-0.1, -0.05) is 6.92 Å². The van der Waals surface area contributed by atoms with Gasteiger partial charge in [-0.15, -0.1) is 0 Å². The van der Waals surface area contributed by atoms with E-state index in [2.05, 4.69) is 6.92 Å². The number of carbonyl (C=O) groups is 2. The molecule has 2 fully saturated rings. The van der Waals surface area contributed by atoms with Crippen LogP contribution < -0.4 is 14.2 Å². The van der Waals surface area contributed by atoms with Crippen LogP contribution in [-0.4, -0.2) is 69.1 Å². The van der Waals surface area contributed by atoms with Crippen LogP contribution in [0.4, 0.5) is 0 Å². The molecule has 3 rings (SSSR count). The van der Waals surface area contributed by atoms with Crippen LogP contribution in [0.15, 0.2) is 12.1 Å². The van der Waals surface area contributed by atoms with Crippen molar-refractivity contribution >= 4 is 11.8 Å². The van der Waals surface area contributed by atoms with Crippen molar-refractivity contribution in [3.63, 3.8) is 0 Å². The van der Waals surface area contributed by atoms with Crippen LogP contribution >= 0.6 is 0 Å². The lowest BCUT2D eigenvalue weighted by Crippen LogP contribution is -2.46. The second-order valence-electron chi connectivity index (χ2n) is 7.98. The highest BCUT2D eigenvalue weighted by molar-refractivity contribution is 5.98. The molecule has 29 heavy (non-hydrogen) atoms. The molecule has 1 aromatic carbocycles. The Kier molecular flexibility index (Phi) is 6.87. The molecule has 2 saturated heterocycles. The first-order valence-electron chi connectivity index (χ1n) is 10.4. The average Bonchev–Trinajstić information content (AvgIpc) is 2.77. The Bertz CT molecular complexity index is 735. The lowest BCUT2D eigenvalue weighted by molar-refractivity contribution is -0.138. The Balaban J connectivity index is 1.65. The van der Waals surface area contributed by atoms with Crippen LogP contribution in [0.5, 0.6) is 17.2 Å². The van der Waals surface area contributed by atoms with Gasteiger partial charge in [-0.2, -0.15) is 0 Å². The lowest BCUT2D eigenvalue weighted by atomic mass is 9.92. The monoisotopic (exact) mass is 404 g/mol. The molecule has 0 saturated carbocycles. The summed E-state index contributed by atoms with van der Waals surface area (Å²) in [4.78, 5) is 29.8. The lowest BCUT2D eigenvalue weighted by Gasteiger charge is -2.37. The van der Waals surface area contributed by atoms with Crippen LogP contribution in [0, 0.1) is 11.8 Å². The van der Waals surface area contributed by atoms with Crippen LogP contribution in [0.2, 0.25) is 0 Å². The molecule has 0 unspecified atom stereocenters. The molecular formula is C22H32N2O5. The predicted octanol–water partition coefficient (Wildman–Crippen LogP) is 2.82. The zero-order valence-corrected chi connectivity index (χ0v) is 17.9. The molecule has 0 aliphatic carbocycles. The van der Waals surface area contributed by atoms with E-state index < -0.39 is 0 Å². The van der Waals surface area contributed by atoms with Crippen molar-refractivity contribution in [2.24, 2.45) is 11.8 Å². The van der Waals surface area contributed by atoms with Crippen LogP contribution in [0.3, 0.4) is 0 Å². The summed E-state index contributed by atoms with van der Waals surface area (Å²) in [6, 6.07) is 3.33. The Morgan fingerprint density at radius 3 is 1.86 bits per heavy atom. The van der Waals surface area contributed by atoms with Crippen LogP contribution in [0.1, 0.15) is 43.0 Å². The third kappa shape index (κ3) is 4.60. The zero-order chi connectivity index (χ0) is 21.0. The highest BCUT2D eigenvalue weighted by Crippen LogP contribution is 2.36. The maximum atomic E-state index is 13.1. The number of amides is 2. The number of methoxy groups -OCH3 is 3. The maximum absolute atomic E-state index is 13.1. The summed E-state index contributed by atoms with van der Waals surface area (Å²) < 4.78 is 16.0. The predicted molar refractivity (Wildman–Crippen MR) is 110 cm³/mol. The SMILES string of the molecule is COc1cc(OC)c(C(=O)N2CCC(C(=O)N3CCC(C)CC3)CC2)cc1OC. The third-order valence-electron chi connectivity index (χ3n) is 6.16. The van der Waals surface area contributed by atoms with Crippen molar-refractivity contribution in [3.8, 4) is 17.2 Å². The largest absolute Gasteiger partial charge is 0.496 e. The highest BCUT2D eigenvalue weighted by Gasteiger charge is 2.32. The van der Waals surface area contributed by atoms with Gasteiger partial charge in [0, 0.05) is 44.2 Å². The third-order valence-corrected chi connectivity index (χ3v) is 6.16. The van der Waals surface area contributed by atoms with Crippen molar-refractivity contribution in [2.45, 2.75) is 32.6 Å². The van der Waals surface area contributed by atoms with E-state index in [4.69, 9.17) is 14.2 Å². The summed E-state index contributed by atoms with van der Waals surface area (Å²) >= 11 is 0. The average molecular weight is 405 g/mol. The Morgan fingerprint density at radius 1 is 0.793 bits per heavy atom. The molecule has 160 valence electrons. The molecule has 0 radical (unpaired) electrons. The second-order valence-corrected chi connectivity index (χ2v) is 7.98. The van der Waals surface area contributed by atoms with E-state index in [0.29, 0.717) is 54.7 Å². The van der Waals surface area contributed by atoms with E-state index >= 15 is 0 Å². The van der Waals surface area contributed by atoms with Gasteiger partial charge in [-0.3, -0.25) is 9.59 Å². The maximum Gasteiger partial charge on any atom is 0.257 e. The fourth-order valence-corrected chi connectivity index (χ4v) is 4.18. The van der Waals surface area contributed by atoms with Crippen molar-refractivity contribution in [2.75, 3.05) is 47.5 Å². The Hall–Kier alpha value is -2.44. The first-order chi connectivity index (χ1) is 14.0. The number of piperidine rings is 2. The summed E-state index contributed by atoms with van der Waals surface area (Å²) in [5, 5.41) is 0. The van der Waals surface area contributed by atoms with Crippen molar-refractivity contribution < 1.29 is 23.8 Å². The number of carbonyl (C=O) groups excluding carboxylic acids is 2. The Labute approximate surface area is 172 Å². The number of benzene rings is 1. The summed E-state index contributed by atoms with van der Waals surface area (Å²) in [6.07, 6.45) is 3.57. The minimum Gasteiger partial charge on any atom is -0.496 e. The van der Waals surface area contributed by atoms with Gasteiger partial charge in [0.15, 0.2) is 11.5 Å². The van der Waals surface area contributed by atoms with E-state index in [0.717, 1.165) is 25.9 Å². The van der Waals surface area contributed by atoms with E-state index in [9.17, 15) is 9.59 Å². The van der Waals surface area contributed by atoms with E-state index in [1.807, 2.05) is 4.90 Å². The summed E-state index contributed by atoms with van der Waals surface area (Å²) in [5.41, 5.74) is 0.444. The molecule has 1 aromatic rings. The van der Waals surface area contributed by atoms with Gasteiger partial charge in [0.05, 0.1) is 26.9 Å². The van der Waals surface area contributed by atoms with Crippen molar-refractivity contribution in [3.05, 3.63) is 17.7 Å². The van der Waals surface area contributed by atoms with Crippen LogP contribution in [-0.2, 0) is 4.79 Å². The number of hydrogen-bond donors (Lipinski definition) is 0. The quantitative estimate of drug-likeness (QED) is 0.755. The highest BCUT2D eigenvalue weighted by atomic mass is 16.5. The number of likely N-dealkylation sites (tertiary alicyclic amines) is 2. The van der Waals surface area contributed by atoms with Crippen molar-refractivity contribution in [1.29, 1.82) is 0 Å². The number of nitrogens with zero attached hydrogens (tertiary/aromatic N) is 2. The van der Waals surface area contributed by atoms with Gasteiger partial charge in [-0.05, 0) is 31.6 Å². The molecule has 0 bridgehead atoms. The molecule has 7 heteroatoms. The summed E-state index contributed by atoms with van der Waals surface area (Å²) in [7, 11) is 4.61. The fourth-order valence-electron chi connectivity index (χ4n) is 4.18. The van der Waals surface area contributed by atoms with Gasteiger partial charge < -0.3 is 24.0 Å². The number of hydrogen-bond acceptors (Lipinski definition) is 5. The molecule has 0 atom stereocenters. The smallest absolute Gasteiger partial charge is 0.257 e. The molecule has 0 spiro atoms. The summed E-state index contributed by atoms with van der Waals surface area (Å²) in [6.45, 7) is 5.10. The summed E-state index contributed by atoms with van der Waals surface area (Å²) in [5.74, 6) is 2.32. The minimum atomic E-state index is -0.111. The van der Waals surface area contributed by atoms with E-state index in [1.54, 1.807) is 24.1 Å². The molecule has 0 aromatic heterocycles. The second kappa shape index (κ2) is 9.37. The molecule has 2 heterocycles. The van der Waals surface area contributed by atoms with Gasteiger partial charge in [-0.25, -0.2) is 0 Å². The molecule has 2 aliphatic rings. The fraction of sp³-hybridized carbons (Fsp3) is 0.636. The standard InChI is InChI=1S/C22H32N2O5/c1-15-5-9-23(10-6-15)21(25)16-7-11-24(12-8-16)22(26)17-13-19(28-3)20(29-4)14-18(17)27-2/h13-16H,5-12H2,1-4H3. The number of ether oxygens (including phenoxy) is 3. The topological polar surface area (TPSA) is 68.3 Å². The molecular weight excluding hydrogens is 372 g/mol. The molecule has 2 aliphatic heterocycles. The molecule has 0 N–H and O–H groups in total.